The SMILES string of the molecule is CCc1cccc2sc(=NC(=O)Cc3ccc(C)cc3C)n(C)c12. The third-order valence-electron chi connectivity index (χ3n) is 4.35. The van der Waals surface area contributed by atoms with Gasteiger partial charge in [0.2, 0.25) is 0 Å². The summed E-state index contributed by atoms with van der Waals surface area (Å²) in [5.74, 6) is -0.0952. The Morgan fingerprint density at radius 2 is 1.96 bits per heavy atom. The van der Waals surface area contributed by atoms with E-state index >= 15 is 0 Å². The minimum atomic E-state index is -0.0952. The lowest BCUT2D eigenvalue weighted by Gasteiger charge is -2.04. The summed E-state index contributed by atoms with van der Waals surface area (Å²) in [6, 6.07) is 12.5. The lowest BCUT2D eigenvalue weighted by atomic mass is 10.0. The molecule has 3 rings (SSSR count). The van der Waals surface area contributed by atoms with Crippen LogP contribution in [0.2, 0.25) is 0 Å². The van der Waals surface area contributed by atoms with Crippen molar-refractivity contribution in [3.05, 3.63) is 63.5 Å². The molecule has 3 nitrogen and oxygen atoms in total. The Bertz CT molecular complexity index is 979. The van der Waals surface area contributed by atoms with Crippen molar-refractivity contribution < 1.29 is 4.79 Å². The number of amides is 1. The first-order valence-electron chi connectivity index (χ1n) is 8.20. The van der Waals surface area contributed by atoms with Gasteiger partial charge in [-0.25, -0.2) is 0 Å². The van der Waals surface area contributed by atoms with Crippen LogP contribution in [0.5, 0.6) is 0 Å². The molecule has 0 radical (unpaired) electrons. The first-order chi connectivity index (χ1) is 11.5. The summed E-state index contributed by atoms with van der Waals surface area (Å²) < 4.78 is 3.22. The van der Waals surface area contributed by atoms with Crippen molar-refractivity contribution in [2.75, 3.05) is 0 Å². The normalized spacial score (nSPS) is 12.1. The van der Waals surface area contributed by atoms with Crippen molar-refractivity contribution >= 4 is 27.5 Å². The summed E-state index contributed by atoms with van der Waals surface area (Å²) in [6.45, 7) is 6.25. The van der Waals surface area contributed by atoms with Crippen LogP contribution in [0.4, 0.5) is 0 Å². The van der Waals surface area contributed by atoms with Crippen molar-refractivity contribution in [3.63, 3.8) is 0 Å². The molecule has 1 heterocycles. The van der Waals surface area contributed by atoms with Crippen LogP contribution in [-0.2, 0) is 24.7 Å². The predicted molar refractivity (Wildman–Crippen MR) is 100 cm³/mol. The van der Waals surface area contributed by atoms with Crippen LogP contribution in [0, 0.1) is 13.8 Å². The number of aryl methyl sites for hydroxylation is 4. The monoisotopic (exact) mass is 338 g/mol. The predicted octanol–water partition coefficient (Wildman–Crippen LogP) is 4.09. The van der Waals surface area contributed by atoms with Crippen molar-refractivity contribution in [2.45, 2.75) is 33.6 Å². The van der Waals surface area contributed by atoms with Gasteiger partial charge in [0.05, 0.1) is 16.6 Å². The van der Waals surface area contributed by atoms with Crippen molar-refractivity contribution in [2.24, 2.45) is 12.0 Å². The van der Waals surface area contributed by atoms with E-state index in [0.717, 1.165) is 22.3 Å². The molecule has 4 heteroatoms. The van der Waals surface area contributed by atoms with Gasteiger partial charge in [-0.15, -0.1) is 0 Å². The molecule has 0 saturated heterocycles. The maximum Gasteiger partial charge on any atom is 0.252 e. The van der Waals surface area contributed by atoms with Crippen LogP contribution in [0.3, 0.4) is 0 Å². The molecule has 1 amide bonds. The van der Waals surface area contributed by atoms with Gasteiger partial charge in [-0.3, -0.25) is 4.79 Å². The van der Waals surface area contributed by atoms with E-state index in [0.29, 0.717) is 6.42 Å². The van der Waals surface area contributed by atoms with Gasteiger partial charge in [-0.2, -0.15) is 4.99 Å². The third-order valence-corrected chi connectivity index (χ3v) is 5.44. The largest absolute Gasteiger partial charge is 0.319 e. The number of carbonyl (C=O) groups excluding carboxylic acids is 1. The van der Waals surface area contributed by atoms with Gasteiger partial charge in [0.1, 0.15) is 0 Å². The van der Waals surface area contributed by atoms with E-state index in [1.165, 1.54) is 21.3 Å². The summed E-state index contributed by atoms with van der Waals surface area (Å²) >= 11 is 1.57. The number of hydrogen-bond donors (Lipinski definition) is 0. The number of benzene rings is 2. The maximum atomic E-state index is 12.4. The molecule has 3 aromatic rings. The molecule has 0 atom stereocenters. The van der Waals surface area contributed by atoms with E-state index in [-0.39, 0.29) is 5.91 Å². The Morgan fingerprint density at radius 3 is 2.67 bits per heavy atom. The summed E-state index contributed by atoms with van der Waals surface area (Å²) in [7, 11) is 1.99. The molecule has 0 fully saturated rings. The van der Waals surface area contributed by atoms with Gasteiger partial charge >= 0.3 is 0 Å². The van der Waals surface area contributed by atoms with Gasteiger partial charge in [-0.1, -0.05) is 54.2 Å². The minimum Gasteiger partial charge on any atom is -0.319 e. The fourth-order valence-electron chi connectivity index (χ4n) is 3.03. The van der Waals surface area contributed by atoms with Gasteiger partial charge in [-0.05, 0) is 43.0 Å². The molecule has 124 valence electrons. The number of fused-ring (bicyclic) bond motifs is 1. The van der Waals surface area contributed by atoms with Crippen LogP contribution in [-0.4, -0.2) is 10.5 Å². The van der Waals surface area contributed by atoms with Crippen LogP contribution < -0.4 is 4.80 Å². The Morgan fingerprint density at radius 1 is 1.17 bits per heavy atom. The lowest BCUT2D eigenvalue weighted by molar-refractivity contribution is -0.117. The number of hydrogen-bond acceptors (Lipinski definition) is 2. The molecule has 24 heavy (non-hydrogen) atoms. The lowest BCUT2D eigenvalue weighted by Crippen LogP contribution is -2.15. The molecule has 0 unspecified atom stereocenters. The van der Waals surface area contributed by atoms with Gasteiger partial charge < -0.3 is 4.57 Å². The number of para-hydroxylation sites is 1. The summed E-state index contributed by atoms with van der Waals surface area (Å²) in [5, 5.41) is 0. The fraction of sp³-hybridized carbons (Fsp3) is 0.300. The molecule has 0 bridgehead atoms. The average molecular weight is 338 g/mol. The van der Waals surface area contributed by atoms with Crippen molar-refractivity contribution in [1.82, 2.24) is 4.57 Å². The van der Waals surface area contributed by atoms with E-state index in [1.54, 1.807) is 11.3 Å². The van der Waals surface area contributed by atoms with E-state index in [9.17, 15) is 4.79 Å². The van der Waals surface area contributed by atoms with Crippen LogP contribution in [0.1, 0.15) is 29.2 Å². The molecule has 0 aliphatic carbocycles. The minimum absolute atomic E-state index is 0.0952. The van der Waals surface area contributed by atoms with E-state index < -0.39 is 0 Å². The number of aromatic nitrogens is 1. The van der Waals surface area contributed by atoms with Crippen LogP contribution >= 0.6 is 11.3 Å². The Hall–Kier alpha value is -2.20. The maximum absolute atomic E-state index is 12.4. The van der Waals surface area contributed by atoms with Gasteiger partial charge in [0.25, 0.3) is 5.91 Å². The second-order valence-corrected chi connectivity index (χ2v) is 7.18. The fourth-order valence-corrected chi connectivity index (χ4v) is 4.11. The number of carbonyl (C=O) groups is 1. The standard InChI is InChI=1S/C20H22N2OS/c1-5-15-7-6-8-17-19(15)22(4)20(24-17)21-18(23)12-16-10-9-13(2)11-14(16)3/h6-11H,5,12H2,1-4H3. The highest BCUT2D eigenvalue weighted by molar-refractivity contribution is 7.16. The molecular weight excluding hydrogens is 316 g/mol. The van der Waals surface area contributed by atoms with Gasteiger partial charge in [0.15, 0.2) is 4.80 Å². The smallest absolute Gasteiger partial charge is 0.252 e. The van der Waals surface area contributed by atoms with Crippen molar-refractivity contribution in [1.29, 1.82) is 0 Å². The summed E-state index contributed by atoms with van der Waals surface area (Å²) in [4.78, 5) is 17.6. The third kappa shape index (κ3) is 3.20. The van der Waals surface area contributed by atoms with Crippen LogP contribution in [0.15, 0.2) is 41.4 Å². The zero-order chi connectivity index (χ0) is 17.3. The van der Waals surface area contributed by atoms with Crippen LogP contribution in [0.25, 0.3) is 10.2 Å². The number of thiazole rings is 1. The zero-order valence-corrected chi connectivity index (χ0v) is 15.4. The topological polar surface area (TPSA) is 34.4 Å². The molecular formula is C20H22N2OS. The Kier molecular flexibility index (Phi) is 4.67. The van der Waals surface area contributed by atoms with E-state index in [2.05, 4.69) is 43.1 Å². The molecule has 0 aliphatic heterocycles. The second kappa shape index (κ2) is 6.73. The molecule has 0 saturated carbocycles. The quantitative estimate of drug-likeness (QED) is 0.708. The molecule has 0 spiro atoms. The second-order valence-electron chi connectivity index (χ2n) is 6.17. The molecule has 2 aromatic carbocycles. The average Bonchev–Trinajstić information content (AvgIpc) is 2.86. The highest BCUT2D eigenvalue weighted by atomic mass is 32.1. The highest BCUT2D eigenvalue weighted by Crippen LogP contribution is 2.21. The Labute approximate surface area is 146 Å². The highest BCUT2D eigenvalue weighted by Gasteiger charge is 2.09. The van der Waals surface area contributed by atoms with Crippen molar-refractivity contribution in [3.8, 4) is 0 Å². The summed E-state index contributed by atoms with van der Waals surface area (Å²) in [5.41, 5.74) is 5.88. The van der Waals surface area contributed by atoms with E-state index in [4.69, 9.17) is 0 Å². The molecule has 0 aliphatic rings. The van der Waals surface area contributed by atoms with E-state index in [1.807, 2.05) is 30.7 Å². The molecule has 1 aromatic heterocycles. The zero-order valence-electron chi connectivity index (χ0n) is 14.6. The number of rotatable bonds is 3. The first-order valence-corrected chi connectivity index (χ1v) is 9.02. The first kappa shape index (κ1) is 16.7. The van der Waals surface area contributed by atoms with Gasteiger partial charge in [0, 0.05) is 7.05 Å². The number of nitrogens with zero attached hydrogens (tertiary/aromatic N) is 2. The Balaban J connectivity index is 1.97. The molecule has 0 N–H and O–H groups in total. The summed E-state index contributed by atoms with van der Waals surface area (Å²) in [6.07, 6.45) is 1.32.